The van der Waals surface area contributed by atoms with Crippen LogP contribution in [0.2, 0.25) is 0 Å². The summed E-state index contributed by atoms with van der Waals surface area (Å²) in [5.41, 5.74) is 2.03. The minimum absolute atomic E-state index is 0.185. The summed E-state index contributed by atoms with van der Waals surface area (Å²) in [6, 6.07) is 7.10. The van der Waals surface area contributed by atoms with E-state index in [9.17, 15) is 14.4 Å². The summed E-state index contributed by atoms with van der Waals surface area (Å²) in [6.45, 7) is 9.57. The van der Waals surface area contributed by atoms with E-state index < -0.39 is 11.9 Å². The van der Waals surface area contributed by atoms with Crippen molar-refractivity contribution in [3.63, 3.8) is 0 Å². The lowest BCUT2D eigenvalue weighted by molar-refractivity contribution is 0.0464. The maximum Gasteiger partial charge on any atom is 0.348 e. The Kier molecular flexibility index (Phi) is 7.34. The number of benzene rings is 1. The topological polar surface area (TPSA) is 81.7 Å². The fourth-order valence-electron chi connectivity index (χ4n) is 2.51. The number of nitrogens with one attached hydrogen (secondary N) is 1. The number of anilines is 1. The van der Waals surface area contributed by atoms with Gasteiger partial charge in [-0.1, -0.05) is 31.5 Å². The zero-order chi connectivity index (χ0) is 20.8. The van der Waals surface area contributed by atoms with E-state index in [0.29, 0.717) is 11.1 Å². The minimum atomic E-state index is -0.585. The third-order valence-corrected chi connectivity index (χ3v) is 5.05. The van der Waals surface area contributed by atoms with Gasteiger partial charge >= 0.3 is 11.9 Å². The van der Waals surface area contributed by atoms with Crippen molar-refractivity contribution in [2.75, 3.05) is 18.5 Å². The first kappa shape index (κ1) is 21.6. The zero-order valence-corrected chi connectivity index (χ0v) is 17.6. The molecule has 0 unspecified atom stereocenters. The molecule has 0 bridgehead atoms. The predicted octanol–water partition coefficient (Wildman–Crippen LogP) is 4.61. The van der Waals surface area contributed by atoms with Crippen LogP contribution in [-0.4, -0.2) is 31.1 Å². The molecule has 0 radical (unpaired) electrons. The van der Waals surface area contributed by atoms with E-state index in [1.165, 1.54) is 0 Å². The van der Waals surface area contributed by atoms with Gasteiger partial charge in [-0.3, -0.25) is 4.79 Å². The fraction of sp³-hybridized carbons (Fsp3) is 0.381. The Bertz CT molecular complexity index is 885. The van der Waals surface area contributed by atoms with Gasteiger partial charge in [0.25, 0.3) is 5.91 Å². The van der Waals surface area contributed by atoms with Crippen LogP contribution in [0.5, 0.6) is 0 Å². The Balaban J connectivity index is 2.38. The molecule has 7 heteroatoms. The Morgan fingerprint density at radius 2 is 1.82 bits per heavy atom. The van der Waals surface area contributed by atoms with Crippen molar-refractivity contribution in [2.45, 2.75) is 34.6 Å². The molecule has 0 atom stereocenters. The van der Waals surface area contributed by atoms with Gasteiger partial charge < -0.3 is 14.8 Å². The highest BCUT2D eigenvalue weighted by Gasteiger charge is 2.27. The molecule has 150 valence electrons. The third kappa shape index (κ3) is 5.19. The zero-order valence-electron chi connectivity index (χ0n) is 16.8. The van der Waals surface area contributed by atoms with Crippen molar-refractivity contribution in [3.8, 4) is 0 Å². The summed E-state index contributed by atoms with van der Waals surface area (Å²) in [4.78, 5) is 37.8. The summed E-state index contributed by atoms with van der Waals surface area (Å²) in [5, 5.41) is 3.02. The van der Waals surface area contributed by atoms with E-state index in [-0.39, 0.29) is 40.5 Å². The lowest BCUT2D eigenvalue weighted by Crippen LogP contribution is -2.15. The molecule has 0 saturated heterocycles. The summed E-state index contributed by atoms with van der Waals surface area (Å²) in [5.74, 6) is -1.27. The molecule has 1 aromatic carbocycles. The second-order valence-electron chi connectivity index (χ2n) is 6.80. The second-order valence-corrected chi connectivity index (χ2v) is 7.82. The molecule has 1 aromatic heterocycles. The van der Waals surface area contributed by atoms with Crippen molar-refractivity contribution >= 4 is 34.2 Å². The number of hydrogen-bond acceptors (Lipinski definition) is 6. The van der Waals surface area contributed by atoms with E-state index in [1.807, 2.05) is 26.8 Å². The normalized spacial score (nSPS) is 10.6. The molecular weight excluding hydrogens is 378 g/mol. The quantitative estimate of drug-likeness (QED) is 0.683. The maximum atomic E-state index is 12.6. The molecule has 1 amide bonds. The highest BCUT2D eigenvalue weighted by molar-refractivity contribution is 7.18. The van der Waals surface area contributed by atoms with Crippen molar-refractivity contribution in [3.05, 3.63) is 51.4 Å². The number of esters is 2. The average Bonchev–Trinajstić information content (AvgIpc) is 2.96. The Morgan fingerprint density at radius 1 is 1.11 bits per heavy atom. The van der Waals surface area contributed by atoms with Gasteiger partial charge in [0.2, 0.25) is 0 Å². The number of carbonyl (C=O) groups excluding carboxylic acids is 3. The second kappa shape index (κ2) is 9.50. The van der Waals surface area contributed by atoms with Crippen LogP contribution < -0.4 is 5.32 Å². The molecule has 2 rings (SSSR count). The van der Waals surface area contributed by atoms with Crippen LogP contribution in [-0.2, 0) is 9.47 Å². The van der Waals surface area contributed by atoms with E-state index in [0.717, 1.165) is 16.9 Å². The van der Waals surface area contributed by atoms with Crippen LogP contribution >= 0.6 is 11.3 Å². The van der Waals surface area contributed by atoms with Crippen LogP contribution in [0.1, 0.15) is 62.3 Å². The molecule has 0 aliphatic carbocycles. The summed E-state index contributed by atoms with van der Waals surface area (Å²) in [6.07, 6.45) is 0. The minimum Gasteiger partial charge on any atom is -0.462 e. The number of aryl methyl sites for hydroxylation is 1. The smallest absolute Gasteiger partial charge is 0.348 e. The van der Waals surface area contributed by atoms with Crippen LogP contribution in [0.3, 0.4) is 0 Å². The van der Waals surface area contributed by atoms with Gasteiger partial charge in [0.05, 0.1) is 18.8 Å². The van der Waals surface area contributed by atoms with E-state index in [2.05, 4.69) is 5.32 Å². The molecule has 0 spiro atoms. The summed E-state index contributed by atoms with van der Waals surface area (Å²) < 4.78 is 10.4. The van der Waals surface area contributed by atoms with E-state index in [4.69, 9.17) is 9.47 Å². The Hall–Kier alpha value is -2.67. The summed E-state index contributed by atoms with van der Waals surface area (Å²) >= 11 is 1.02. The molecule has 1 heterocycles. The van der Waals surface area contributed by atoms with Gasteiger partial charge in [-0.2, -0.15) is 0 Å². The van der Waals surface area contributed by atoms with E-state index in [1.54, 1.807) is 32.0 Å². The monoisotopic (exact) mass is 403 g/mol. The van der Waals surface area contributed by atoms with Gasteiger partial charge in [-0.25, -0.2) is 9.59 Å². The highest BCUT2D eigenvalue weighted by Crippen LogP contribution is 2.34. The molecular formula is C21H25NO5S. The third-order valence-electron chi connectivity index (χ3n) is 3.87. The van der Waals surface area contributed by atoms with Crippen molar-refractivity contribution < 1.29 is 23.9 Å². The molecule has 0 aliphatic rings. The molecule has 0 saturated carbocycles. The standard InChI is InChI=1S/C21H25NO5S/c1-6-26-20(24)16-14(5)17(21(25)27-11-12(2)3)28-19(16)22-18(23)15-9-7-8-13(4)10-15/h7-10,12H,6,11H2,1-5H3,(H,22,23). The summed E-state index contributed by atoms with van der Waals surface area (Å²) in [7, 11) is 0. The number of carbonyl (C=O) groups is 3. The van der Waals surface area contributed by atoms with Gasteiger partial charge in [-0.05, 0) is 44.4 Å². The average molecular weight is 404 g/mol. The molecule has 0 aliphatic heterocycles. The number of hydrogen-bond donors (Lipinski definition) is 1. The first-order valence-electron chi connectivity index (χ1n) is 9.10. The number of rotatable bonds is 7. The maximum absolute atomic E-state index is 12.6. The SMILES string of the molecule is CCOC(=O)c1c(NC(=O)c2cccc(C)c2)sc(C(=O)OCC(C)C)c1C. The predicted molar refractivity (Wildman–Crippen MR) is 109 cm³/mol. The van der Waals surface area contributed by atoms with Crippen molar-refractivity contribution in [2.24, 2.45) is 5.92 Å². The van der Waals surface area contributed by atoms with Gasteiger partial charge in [0.1, 0.15) is 9.88 Å². The van der Waals surface area contributed by atoms with Crippen molar-refractivity contribution in [1.29, 1.82) is 0 Å². The molecule has 0 fully saturated rings. The largest absolute Gasteiger partial charge is 0.462 e. The van der Waals surface area contributed by atoms with Gasteiger partial charge in [0, 0.05) is 5.56 Å². The van der Waals surface area contributed by atoms with Crippen LogP contribution in [0.25, 0.3) is 0 Å². The molecule has 1 N–H and O–H groups in total. The van der Waals surface area contributed by atoms with Crippen LogP contribution in [0, 0.1) is 19.8 Å². The van der Waals surface area contributed by atoms with E-state index >= 15 is 0 Å². The van der Waals surface area contributed by atoms with Crippen molar-refractivity contribution in [1.82, 2.24) is 0 Å². The Morgan fingerprint density at radius 3 is 2.43 bits per heavy atom. The number of amides is 1. The van der Waals surface area contributed by atoms with Crippen LogP contribution in [0.4, 0.5) is 5.00 Å². The highest BCUT2D eigenvalue weighted by atomic mass is 32.1. The van der Waals surface area contributed by atoms with Gasteiger partial charge in [0.15, 0.2) is 0 Å². The first-order valence-corrected chi connectivity index (χ1v) is 9.91. The molecule has 6 nitrogen and oxygen atoms in total. The number of ether oxygens (including phenoxy) is 2. The molecule has 28 heavy (non-hydrogen) atoms. The lowest BCUT2D eigenvalue weighted by atomic mass is 10.1. The lowest BCUT2D eigenvalue weighted by Gasteiger charge is -2.07. The Labute approximate surface area is 168 Å². The van der Waals surface area contributed by atoms with Crippen LogP contribution in [0.15, 0.2) is 24.3 Å². The molecule has 2 aromatic rings. The first-order chi connectivity index (χ1) is 13.2. The fourth-order valence-corrected chi connectivity index (χ4v) is 3.60. The van der Waals surface area contributed by atoms with Gasteiger partial charge in [-0.15, -0.1) is 11.3 Å². The number of thiophene rings is 1.